The maximum absolute atomic E-state index is 13.0. The number of aromatic amines is 1. The normalized spacial score (nSPS) is 14.2. The number of amides is 1. The number of anilines is 1. The van der Waals surface area contributed by atoms with E-state index in [1.165, 1.54) is 0 Å². The van der Waals surface area contributed by atoms with Crippen molar-refractivity contribution in [3.05, 3.63) is 55.4 Å². The van der Waals surface area contributed by atoms with E-state index in [0.29, 0.717) is 66.5 Å². The topological polar surface area (TPSA) is 78.5 Å². The van der Waals surface area contributed by atoms with E-state index < -0.39 is 0 Å². The van der Waals surface area contributed by atoms with Gasteiger partial charge in [0.1, 0.15) is 0 Å². The van der Waals surface area contributed by atoms with Gasteiger partial charge in [0.15, 0.2) is 0 Å². The molecule has 0 radical (unpaired) electrons. The van der Waals surface area contributed by atoms with Gasteiger partial charge in [-0.3, -0.25) is 14.6 Å². The Labute approximate surface area is 192 Å². The summed E-state index contributed by atoms with van der Waals surface area (Å²) in [5, 5.41) is 0.944. The third kappa shape index (κ3) is 5.99. The lowest BCUT2D eigenvalue weighted by molar-refractivity contribution is -0.133. The molecule has 1 N–H and O–H groups in total. The third-order valence-electron chi connectivity index (χ3n) is 5.39. The number of morpholine rings is 1. The Morgan fingerprint density at radius 1 is 1.26 bits per heavy atom. The number of aromatic nitrogens is 2. The summed E-state index contributed by atoms with van der Waals surface area (Å²) >= 11 is 12.1. The van der Waals surface area contributed by atoms with Crippen molar-refractivity contribution < 1.29 is 9.53 Å². The van der Waals surface area contributed by atoms with Crippen LogP contribution in [0.5, 0.6) is 0 Å². The van der Waals surface area contributed by atoms with Crippen LogP contribution in [0, 0.1) is 6.92 Å². The number of nitrogens with one attached hydrogen (secondary N) is 1. The van der Waals surface area contributed by atoms with E-state index in [0.717, 1.165) is 5.56 Å². The van der Waals surface area contributed by atoms with E-state index >= 15 is 0 Å². The molecule has 1 aliphatic rings. The summed E-state index contributed by atoms with van der Waals surface area (Å²) in [6, 6.07) is 5.37. The Balaban J connectivity index is 1.68. The van der Waals surface area contributed by atoms with Crippen molar-refractivity contribution in [1.29, 1.82) is 0 Å². The minimum atomic E-state index is -0.192. The van der Waals surface area contributed by atoms with Gasteiger partial charge in [0.2, 0.25) is 11.9 Å². The molecule has 9 heteroatoms. The van der Waals surface area contributed by atoms with Gasteiger partial charge in [-0.05, 0) is 44.9 Å². The van der Waals surface area contributed by atoms with E-state index in [1.807, 2.05) is 31.7 Å². The zero-order valence-electron chi connectivity index (χ0n) is 18.1. The van der Waals surface area contributed by atoms with Crippen molar-refractivity contribution in [2.75, 3.05) is 31.2 Å². The molecule has 0 unspecified atom stereocenters. The van der Waals surface area contributed by atoms with Crippen molar-refractivity contribution in [3.8, 4) is 0 Å². The lowest BCUT2D eigenvalue weighted by Crippen LogP contribution is -2.39. The van der Waals surface area contributed by atoms with Gasteiger partial charge in [-0.1, -0.05) is 29.3 Å². The maximum atomic E-state index is 13.0. The summed E-state index contributed by atoms with van der Waals surface area (Å²) in [6.45, 7) is 8.78. The molecular weight excluding hydrogens is 439 g/mol. The molecule has 7 nitrogen and oxygen atoms in total. The molecule has 2 heterocycles. The third-order valence-corrected chi connectivity index (χ3v) is 6.13. The van der Waals surface area contributed by atoms with E-state index in [9.17, 15) is 9.59 Å². The molecule has 0 saturated carbocycles. The van der Waals surface area contributed by atoms with Gasteiger partial charge in [0.25, 0.3) is 5.56 Å². The number of nitrogens with zero attached hydrogens (tertiary/aromatic N) is 3. The molecule has 0 bridgehead atoms. The summed E-state index contributed by atoms with van der Waals surface area (Å²) in [4.78, 5) is 36.8. The fourth-order valence-corrected chi connectivity index (χ4v) is 3.90. The van der Waals surface area contributed by atoms with Gasteiger partial charge < -0.3 is 14.5 Å². The van der Waals surface area contributed by atoms with Crippen molar-refractivity contribution in [2.24, 2.45) is 0 Å². The first kappa shape index (κ1) is 23.6. The van der Waals surface area contributed by atoms with Crippen molar-refractivity contribution in [2.45, 2.75) is 46.2 Å². The van der Waals surface area contributed by atoms with Crippen LogP contribution < -0.4 is 10.5 Å². The lowest BCUT2D eigenvalue weighted by atomic mass is 10.1. The van der Waals surface area contributed by atoms with Crippen LogP contribution in [0.2, 0.25) is 10.0 Å². The predicted octanol–water partition coefficient (Wildman–Crippen LogP) is 3.59. The number of carbonyl (C=O) groups excluding carboxylic acids is 1. The van der Waals surface area contributed by atoms with Gasteiger partial charge in [-0.15, -0.1) is 0 Å². The largest absolute Gasteiger partial charge is 0.378 e. The van der Waals surface area contributed by atoms with E-state index in [-0.39, 0.29) is 23.9 Å². The highest BCUT2D eigenvalue weighted by Crippen LogP contribution is 2.24. The quantitative estimate of drug-likeness (QED) is 0.674. The van der Waals surface area contributed by atoms with Crippen LogP contribution in [0.25, 0.3) is 0 Å². The lowest BCUT2D eigenvalue weighted by Gasteiger charge is -2.28. The second kappa shape index (κ2) is 10.5. The number of hydrogen-bond donors (Lipinski definition) is 1. The first-order valence-corrected chi connectivity index (χ1v) is 11.2. The Bertz CT molecular complexity index is 987. The predicted molar refractivity (Wildman–Crippen MR) is 123 cm³/mol. The molecule has 1 aliphatic heterocycles. The molecule has 31 heavy (non-hydrogen) atoms. The van der Waals surface area contributed by atoms with Gasteiger partial charge in [-0.25, -0.2) is 4.98 Å². The van der Waals surface area contributed by atoms with Crippen molar-refractivity contribution >= 4 is 35.1 Å². The summed E-state index contributed by atoms with van der Waals surface area (Å²) in [5.74, 6) is 0.529. The molecule has 1 fully saturated rings. The van der Waals surface area contributed by atoms with Crippen molar-refractivity contribution in [3.63, 3.8) is 0 Å². The SMILES string of the molecule is Cc1nc(N2CCOCC2)[nH]c(=O)c1CCC(=O)N(Cc1ccc(Cl)c(Cl)c1)C(C)C. The Kier molecular flexibility index (Phi) is 7.97. The number of rotatable bonds is 7. The average molecular weight is 467 g/mol. The number of carbonyl (C=O) groups is 1. The highest BCUT2D eigenvalue weighted by atomic mass is 35.5. The molecule has 1 aromatic heterocycles. The monoisotopic (exact) mass is 466 g/mol. The molecule has 3 rings (SSSR count). The second-order valence-electron chi connectivity index (χ2n) is 7.92. The minimum absolute atomic E-state index is 0.00292. The zero-order valence-corrected chi connectivity index (χ0v) is 19.6. The van der Waals surface area contributed by atoms with Crippen LogP contribution in [-0.2, 0) is 22.5 Å². The number of aryl methyl sites for hydroxylation is 1. The molecule has 168 valence electrons. The Hall–Kier alpha value is -2.09. The van der Waals surface area contributed by atoms with Crippen molar-refractivity contribution in [1.82, 2.24) is 14.9 Å². The summed E-state index contributed by atoms with van der Waals surface area (Å²) in [7, 11) is 0. The number of halogens is 2. The van der Waals surface area contributed by atoms with Gasteiger partial charge in [0, 0.05) is 43.4 Å². The Morgan fingerprint density at radius 3 is 2.58 bits per heavy atom. The van der Waals surface area contributed by atoms with Crippen LogP contribution in [0.4, 0.5) is 5.95 Å². The zero-order chi connectivity index (χ0) is 22.5. The Morgan fingerprint density at radius 2 is 1.97 bits per heavy atom. The van der Waals surface area contributed by atoms with Gasteiger partial charge in [-0.2, -0.15) is 0 Å². The smallest absolute Gasteiger partial charge is 0.255 e. The first-order chi connectivity index (χ1) is 14.8. The van der Waals surface area contributed by atoms with E-state index in [2.05, 4.69) is 9.97 Å². The molecule has 0 atom stereocenters. The first-order valence-electron chi connectivity index (χ1n) is 10.4. The number of ether oxygens (including phenoxy) is 1. The van der Waals surface area contributed by atoms with Gasteiger partial charge in [0.05, 0.1) is 23.3 Å². The highest BCUT2D eigenvalue weighted by molar-refractivity contribution is 6.42. The second-order valence-corrected chi connectivity index (χ2v) is 8.73. The number of H-pyrrole nitrogens is 1. The van der Waals surface area contributed by atoms with E-state index in [4.69, 9.17) is 27.9 Å². The molecule has 0 aliphatic carbocycles. The molecule has 0 spiro atoms. The van der Waals surface area contributed by atoms with Crippen LogP contribution in [-0.4, -0.2) is 53.1 Å². The van der Waals surface area contributed by atoms with Crippen LogP contribution >= 0.6 is 23.2 Å². The highest BCUT2D eigenvalue weighted by Gasteiger charge is 2.20. The standard InChI is InChI=1S/C22H28Cl2N4O3/c1-14(2)28(13-16-4-6-18(23)19(24)12-16)20(29)7-5-17-15(3)25-22(26-21(17)30)27-8-10-31-11-9-27/h4,6,12,14H,5,7-11,13H2,1-3H3,(H,25,26,30). The van der Waals surface area contributed by atoms with Crippen LogP contribution in [0.1, 0.15) is 37.1 Å². The van der Waals surface area contributed by atoms with Crippen LogP contribution in [0.15, 0.2) is 23.0 Å². The molecule has 1 amide bonds. The fraction of sp³-hybridized carbons (Fsp3) is 0.500. The number of benzene rings is 1. The summed E-state index contributed by atoms with van der Waals surface area (Å²) in [6.07, 6.45) is 0.559. The number of hydrogen-bond acceptors (Lipinski definition) is 5. The maximum Gasteiger partial charge on any atom is 0.255 e. The molecule has 1 aromatic carbocycles. The van der Waals surface area contributed by atoms with E-state index in [1.54, 1.807) is 17.0 Å². The summed E-state index contributed by atoms with van der Waals surface area (Å²) in [5.41, 5.74) is 1.91. The molecule has 1 saturated heterocycles. The van der Waals surface area contributed by atoms with Crippen LogP contribution in [0.3, 0.4) is 0 Å². The molecular formula is C22H28Cl2N4O3. The fourth-order valence-electron chi connectivity index (χ4n) is 3.58. The molecule has 2 aromatic rings. The van der Waals surface area contributed by atoms with Gasteiger partial charge >= 0.3 is 0 Å². The average Bonchev–Trinajstić information content (AvgIpc) is 2.74. The minimum Gasteiger partial charge on any atom is -0.378 e. The summed E-state index contributed by atoms with van der Waals surface area (Å²) < 4.78 is 5.35.